The molecule has 0 saturated carbocycles. The highest BCUT2D eigenvalue weighted by Gasteiger charge is 2.33. The smallest absolute Gasteiger partial charge is 0.408 e. The minimum Gasteiger partial charge on any atom is -0.444 e. The Kier molecular flexibility index (Phi) is 4.51. The first-order chi connectivity index (χ1) is 9.67. The summed E-state index contributed by atoms with van der Waals surface area (Å²) in [7, 11) is 0. The molecule has 0 saturated heterocycles. The van der Waals surface area contributed by atoms with Crippen molar-refractivity contribution in [2.75, 3.05) is 5.32 Å². The Hall–Kier alpha value is -1.23. The minimum atomic E-state index is -0.494. The van der Waals surface area contributed by atoms with Gasteiger partial charge in [0.25, 0.3) is 0 Å². The van der Waals surface area contributed by atoms with E-state index in [1.54, 1.807) is 0 Å². The van der Waals surface area contributed by atoms with Crippen LogP contribution in [0.15, 0.2) is 22.7 Å². The summed E-state index contributed by atoms with van der Waals surface area (Å²) >= 11 is 3.50. The zero-order valence-corrected chi connectivity index (χ0v) is 14.7. The summed E-state index contributed by atoms with van der Waals surface area (Å²) in [5.74, 6) is 0.263. The number of alkyl carbamates (subject to hydrolysis) is 1. The van der Waals surface area contributed by atoms with Gasteiger partial charge in [-0.3, -0.25) is 0 Å². The van der Waals surface area contributed by atoms with E-state index in [9.17, 15) is 4.79 Å². The Balaban J connectivity index is 2.25. The molecule has 0 aromatic heterocycles. The lowest BCUT2D eigenvalue weighted by Crippen LogP contribution is -2.44. The molecule has 0 aliphatic carbocycles. The van der Waals surface area contributed by atoms with Crippen LogP contribution in [-0.4, -0.2) is 17.7 Å². The average Bonchev–Trinajstić information content (AvgIpc) is 2.34. The van der Waals surface area contributed by atoms with E-state index < -0.39 is 5.60 Å². The van der Waals surface area contributed by atoms with E-state index >= 15 is 0 Å². The third-order valence-electron chi connectivity index (χ3n) is 3.72. The van der Waals surface area contributed by atoms with Gasteiger partial charge in [-0.15, -0.1) is 0 Å². The second-order valence-electron chi connectivity index (χ2n) is 6.65. The van der Waals surface area contributed by atoms with Crippen LogP contribution in [0.2, 0.25) is 0 Å². The monoisotopic (exact) mass is 354 g/mol. The molecule has 1 aromatic carbocycles. The number of amides is 1. The number of anilines is 1. The van der Waals surface area contributed by atoms with Crippen molar-refractivity contribution in [2.24, 2.45) is 5.92 Å². The topological polar surface area (TPSA) is 50.4 Å². The normalized spacial score (nSPS) is 24.8. The lowest BCUT2D eigenvalue weighted by molar-refractivity contribution is 0.0483. The van der Waals surface area contributed by atoms with Gasteiger partial charge in [0, 0.05) is 22.1 Å². The second-order valence-corrected chi connectivity index (χ2v) is 7.56. The molecule has 1 aliphatic rings. The fourth-order valence-corrected chi connectivity index (χ4v) is 2.89. The van der Waals surface area contributed by atoms with Gasteiger partial charge >= 0.3 is 6.09 Å². The maximum absolute atomic E-state index is 12.1. The van der Waals surface area contributed by atoms with E-state index in [4.69, 9.17) is 4.74 Å². The summed E-state index contributed by atoms with van der Waals surface area (Å²) in [5, 5.41) is 6.49. The summed E-state index contributed by atoms with van der Waals surface area (Å²) in [6.07, 6.45) is -0.376. The summed E-state index contributed by atoms with van der Waals surface area (Å²) in [6, 6.07) is 6.29. The molecule has 1 aliphatic heterocycles. The number of nitrogens with one attached hydrogen (secondary N) is 2. The molecule has 0 bridgehead atoms. The maximum Gasteiger partial charge on any atom is 0.408 e. The van der Waals surface area contributed by atoms with E-state index in [1.165, 1.54) is 0 Å². The van der Waals surface area contributed by atoms with Gasteiger partial charge in [-0.2, -0.15) is 0 Å². The number of benzene rings is 1. The average molecular weight is 355 g/mol. The zero-order chi connectivity index (χ0) is 15.8. The van der Waals surface area contributed by atoms with E-state index in [0.29, 0.717) is 0 Å². The molecule has 116 valence electrons. The highest BCUT2D eigenvalue weighted by Crippen LogP contribution is 2.38. The molecule has 1 aromatic rings. The van der Waals surface area contributed by atoms with Crippen molar-refractivity contribution >= 4 is 27.7 Å². The van der Waals surface area contributed by atoms with Gasteiger partial charge < -0.3 is 15.4 Å². The maximum atomic E-state index is 12.1. The highest BCUT2D eigenvalue weighted by atomic mass is 79.9. The molecule has 0 fully saturated rings. The number of ether oxygens (including phenoxy) is 1. The second kappa shape index (κ2) is 5.87. The number of halogens is 1. The standard InChI is InChI=1S/C16H23BrN2O2/c1-9-10(2)18-13-7-6-11(17)8-12(13)14(9)19-15(20)21-16(3,4)5/h6-10,14,18H,1-5H3,(H,19,20)/t9-,10-,14+/m0/s1. The SMILES string of the molecule is C[C@H]1[C@H](C)Nc2ccc(Br)cc2[C@@H]1NC(=O)OC(C)(C)C. The molecule has 0 unspecified atom stereocenters. The van der Waals surface area contributed by atoms with Crippen molar-refractivity contribution in [3.8, 4) is 0 Å². The largest absolute Gasteiger partial charge is 0.444 e. The minimum absolute atomic E-state index is 0.0661. The van der Waals surface area contributed by atoms with Gasteiger partial charge in [0.15, 0.2) is 0 Å². The van der Waals surface area contributed by atoms with Crippen LogP contribution >= 0.6 is 15.9 Å². The van der Waals surface area contributed by atoms with Crippen molar-refractivity contribution in [2.45, 2.75) is 52.3 Å². The predicted octanol–water partition coefficient (Wildman–Crippen LogP) is 4.47. The first-order valence-corrected chi connectivity index (χ1v) is 8.02. The Labute approximate surface area is 134 Å². The summed E-state index contributed by atoms with van der Waals surface area (Å²) in [5.41, 5.74) is 1.65. The van der Waals surface area contributed by atoms with Crippen LogP contribution in [-0.2, 0) is 4.74 Å². The van der Waals surface area contributed by atoms with E-state index in [-0.39, 0.29) is 24.1 Å². The number of hydrogen-bond donors (Lipinski definition) is 2. The van der Waals surface area contributed by atoms with Crippen molar-refractivity contribution < 1.29 is 9.53 Å². The lowest BCUT2D eigenvalue weighted by atomic mass is 9.84. The molecule has 21 heavy (non-hydrogen) atoms. The van der Waals surface area contributed by atoms with Crippen LogP contribution in [0.1, 0.15) is 46.2 Å². The van der Waals surface area contributed by atoms with Gasteiger partial charge in [0.05, 0.1) is 6.04 Å². The number of hydrogen-bond acceptors (Lipinski definition) is 3. The molecule has 0 radical (unpaired) electrons. The van der Waals surface area contributed by atoms with Crippen LogP contribution in [0.4, 0.5) is 10.5 Å². The van der Waals surface area contributed by atoms with Gasteiger partial charge in [0.2, 0.25) is 0 Å². The molecular weight excluding hydrogens is 332 g/mol. The Bertz CT molecular complexity index is 540. The fourth-order valence-electron chi connectivity index (χ4n) is 2.51. The van der Waals surface area contributed by atoms with Crippen LogP contribution < -0.4 is 10.6 Å². The molecule has 2 N–H and O–H groups in total. The van der Waals surface area contributed by atoms with E-state index in [0.717, 1.165) is 15.7 Å². The van der Waals surface area contributed by atoms with Gasteiger partial charge in [-0.1, -0.05) is 22.9 Å². The van der Waals surface area contributed by atoms with Gasteiger partial charge in [-0.05, 0) is 51.5 Å². The predicted molar refractivity (Wildman–Crippen MR) is 88.5 cm³/mol. The number of carbonyl (C=O) groups excluding carboxylic acids is 1. The van der Waals surface area contributed by atoms with Crippen molar-refractivity contribution in [1.29, 1.82) is 0 Å². The molecule has 4 nitrogen and oxygen atoms in total. The quantitative estimate of drug-likeness (QED) is 0.782. The first kappa shape index (κ1) is 16.1. The van der Waals surface area contributed by atoms with Gasteiger partial charge in [-0.25, -0.2) is 4.79 Å². The molecule has 5 heteroatoms. The first-order valence-electron chi connectivity index (χ1n) is 7.23. The molecule has 0 spiro atoms. The highest BCUT2D eigenvalue weighted by molar-refractivity contribution is 9.10. The Morgan fingerprint density at radius 2 is 2.00 bits per heavy atom. The molecule has 3 atom stereocenters. The van der Waals surface area contributed by atoms with E-state index in [1.807, 2.05) is 39.0 Å². The van der Waals surface area contributed by atoms with Crippen molar-refractivity contribution in [3.05, 3.63) is 28.2 Å². The summed E-state index contributed by atoms with van der Waals surface area (Å²) < 4.78 is 6.39. The summed E-state index contributed by atoms with van der Waals surface area (Å²) in [6.45, 7) is 9.85. The summed E-state index contributed by atoms with van der Waals surface area (Å²) in [4.78, 5) is 12.1. The molecule has 1 amide bonds. The molecule has 1 heterocycles. The third-order valence-corrected chi connectivity index (χ3v) is 4.21. The molecular formula is C16H23BrN2O2. The van der Waals surface area contributed by atoms with E-state index in [2.05, 4.69) is 40.4 Å². The lowest BCUT2D eigenvalue weighted by Gasteiger charge is -2.38. The third kappa shape index (κ3) is 3.90. The van der Waals surface area contributed by atoms with Crippen molar-refractivity contribution in [1.82, 2.24) is 5.32 Å². The van der Waals surface area contributed by atoms with Crippen LogP contribution in [0.3, 0.4) is 0 Å². The zero-order valence-electron chi connectivity index (χ0n) is 13.2. The van der Waals surface area contributed by atoms with Crippen molar-refractivity contribution in [3.63, 3.8) is 0 Å². The Morgan fingerprint density at radius 1 is 1.33 bits per heavy atom. The van der Waals surface area contributed by atoms with Crippen LogP contribution in [0, 0.1) is 5.92 Å². The molecule has 2 rings (SSSR count). The fraction of sp³-hybridized carbons (Fsp3) is 0.562. The Morgan fingerprint density at radius 3 is 2.62 bits per heavy atom. The number of carbonyl (C=O) groups is 1. The van der Waals surface area contributed by atoms with Crippen LogP contribution in [0.5, 0.6) is 0 Å². The number of fused-ring (bicyclic) bond motifs is 1. The van der Waals surface area contributed by atoms with Gasteiger partial charge in [0.1, 0.15) is 5.60 Å². The number of rotatable bonds is 1. The van der Waals surface area contributed by atoms with Crippen LogP contribution in [0.25, 0.3) is 0 Å².